The zero-order chi connectivity index (χ0) is 24.9. The van der Waals surface area contributed by atoms with E-state index in [9.17, 15) is 4.79 Å². The number of piperidine rings is 1. The van der Waals surface area contributed by atoms with Crippen molar-refractivity contribution >= 4 is 17.6 Å². The molecule has 1 fully saturated rings. The average molecular weight is 478 g/mol. The highest BCUT2D eigenvalue weighted by Crippen LogP contribution is 2.41. The number of urea groups is 1. The topological polar surface area (TPSA) is 69.8 Å². The average Bonchev–Trinajstić information content (AvgIpc) is 2.82. The van der Waals surface area contributed by atoms with Crippen LogP contribution in [0.15, 0.2) is 59.8 Å². The van der Waals surface area contributed by atoms with Crippen molar-refractivity contribution in [3.63, 3.8) is 0 Å². The monoisotopic (exact) mass is 477 g/mol. The van der Waals surface area contributed by atoms with E-state index in [1.165, 1.54) is 19.0 Å². The number of hydrogen-bond acceptors (Lipinski definition) is 3. The molecule has 0 spiro atoms. The van der Waals surface area contributed by atoms with Gasteiger partial charge in [0.2, 0.25) is 0 Å². The quantitative estimate of drug-likeness (QED) is 0.134. The fraction of sp³-hybridized carbons (Fsp3) is 0.593. The van der Waals surface area contributed by atoms with Crippen molar-refractivity contribution in [3.05, 3.63) is 59.8 Å². The van der Waals surface area contributed by atoms with Crippen molar-refractivity contribution in [1.82, 2.24) is 9.91 Å². The molecule has 6 heteroatoms. The van der Waals surface area contributed by atoms with Crippen molar-refractivity contribution in [3.8, 4) is 0 Å². The van der Waals surface area contributed by atoms with Crippen molar-refractivity contribution in [2.45, 2.75) is 72.1 Å². The van der Waals surface area contributed by atoms with Gasteiger partial charge in [-0.1, -0.05) is 76.6 Å². The van der Waals surface area contributed by atoms with Gasteiger partial charge < -0.3 is 10.0 Å². The number of hydrogen-bond donors (Lipinski definition) is 2. The molecule has 0 aromatic heterocycles. The summed E-state index contributed by atoms with van der Waals surface area (Å²) in [5.74, 6) is 6.48. The molecule has 1 rings (SSSR count). The van der Waals surface area contributed by atoms with Gasteiger partial charge >= 0.3 is 6.03 Å². The first kappa shape index (κ1) is 29.2. The van der Waals surface area contributed by atoms with Crippen LogP contribution in [0.5, 0.6) is 0 Å². The van der Waals surface area contributed by atoms with Gasteiger partial charge in [-0.05, 0) is 67.1 Å². The van der Waals surface area contributed by atoms with Crippen LogP contribution in [-0.4, -0.2) is 40.7 Å². The van der Waals surface area contributed by atoms with Gasteiger partial charge in [0.25, 0.3) is 0 Å². The molecule has 1 saturated heterocycles. The predicted molar refractivity (Wildman–Crippen MR) is 140 cm³/mol. The minimum absolute atomic E-state index is 0.159. The zero-order valence-corrected chi connectivity index (χ0v) is 21.6. The van der Waals surface area contributed by atoms with E-state index in [0.29, 0.717) is 29.6 Å². The number of halogens is 1. The summed E-state index contributed by atoms with van der Waals surface area (Å²) in [4.78, 5) is 14.4. The maximum absolute atomic E-state index is 12.6. The van der Waals surface area contributed by atoms with Crippen molar-refractivity contribution in [2.75, 3.05) is 19.7 Å². The first-order valence-electron chi connectivity index (χ1n) is 12.2. The Bertz CT molecular complexity index is 734. The number of amides is 2. The molecule has 1 aliphatic heterocycles. The van der Waals surface area contributed by atoms with E-state index in [0.717, 1.165) is 49.1 Å². The highest BCUT2D eigenvalue weighted by molar-refractivity contribution is 6.31. The molecule has 1 atom stereocenters. The van der Waals surface area contributed by atoms with E-state index in [-0.39, 0.29) is 18.1 Å². The molecule has 186 valence electrons. The number of rotatable bonds is 13. The molecule has 0 aliphatic carbocycles. The number of likely N-dealkylation sites (tertiary alicyclic amines) is 1. The number of hydrazine groups is 1. The minimum atomic E-state index is -0.215. The minimum Gasteiger partial charge on any atom is -0.392 e. The van der Waals surface area contributed by atoms with Crippen LogP contribution >= 0.6 is 11.6 Å². The van der Waals surface area contributed by atoms with Crippen LogP contribution < -0.4 is 5.84 Å². The molecule has 2 amide bonds. The van der Waals surface area contributed by atoms with Crippen LogP contribution in [0.2, 0.25) is 0 Å². The normalized spacial score (nSPS) is 17.5. The zero-order valence-electron chi connectivity index (χ0n) is 20.9. The van der Waals surface area contributed by atoms with Crippen LogP contribution in [0, 0.1) is 11.3 Å². The second-order valence-corrected chi connectivity index (χ2v) is 9.73. The molecular weight excluding hydrogens is 434 g/mol. The van der Waals surface area contributed by atoms with Crippen LogP contribution in [-0.2, 0) is 0 Å². The summed E-state index contributed by atoms with van der Waals surface area (Å²) in [6.07, 6.45) is 17.8. The molecule has 1 unspecified atom stereocenters. The molecule has 0 aromatic rings. The van der Waals surface area contributed by atoms with Gasteiger partial charge in [0.15, 0.2) is 0 Å². The van der Waals surface area contributed by atoms with Crippen molar-refractivity contribution in [2.24, 2.45) is 17.2 Å². The molecule has 0 aromatic carbocycles. The Hall–Kier alpha value is -1.82. The number of aliphatic hydroxyl groups is 1. The number of aliphatic hydroxyl groups excluding tert-OH is 1. The summed E-state index contributed by atoms with van der Waals surface area (Å²) in [6, 6.07) is -0.215. The largest absolute Gasteiger partial charge is 0.392 e. The third-order valence-electron chi connectivity index (χ3n) is 6.83. The van der Waals surface area contributed by atoms with E-state index in [4.69, 9.17) is 22.6 Å². The lowest BCUT2D eigenvalue weighted by atomic mass is 9.71. The SMILES string of the molecule is C=C(/C=C\N(N)C(=O)N1CCC(CC)(CCC(C)CC/C(=C/C=C\CC)C(=C)Cl)CC1)CO. The molecule has 0 saturated carbocycles. The van der Waals surface area contributed by atoms with Gasteiger partial charge in [-0.25, -0.2) is 15.6 Å². The number of allylic oxidation sites excluding steroid dienone is 5. The van der Waals surface area contributed by atoms with Crippen LogP contribution in [0.1, 0.15) is 72.1 Å². The summed E-state index contributed by atoms with van der Waals surface area (Å²) in [5.41, 5.74) is 1.91. The fourth-order valence-electron chi connectivity index (χ4n) is 4.15. The van der Waals surface area contributed by atoms with Gasteiger partial charge in [-0.15, -0.1) is 0 Å². The van der Waals surface area contributed by atoms with Gasteiger partial charge in [0.1, 0.15) is 0 Å². The van der Waals surface area contributed by atoms with Gasteiger partial charge in [-0.2, -0.15) is 0 Å². The van der Waals surface area contributed by atoms with Gasteiger partial charge in [0.05, 0.1) is 6.61 Å². The molecule has 3 N–H and O–H groups in total. The lowest BCUT2D eigenvalue weighted by Crippen LogP contribution is -2.49. The fourth-order valence-corrected chi connectivity index (χ4v) is 4.30. The van der Waals surface area contributed by atoms with Crippen LogP contribution in [0.3, 0.4) is 0 Å². The Morgan fingerprint density at radius 3 is 2.48 bits per heavy atom. The lowest BCUT2D eigenvalue weighted by molar-refractivity contribution is 0.0881. The molecule has 0 radical (unpaired) electrons. The molecule has 33 heavy (non-hydrogen) atoms. The van der Waals surface area contributed by atoms with E-state index in [1.807, 2.05) is 4.90 Å². The first-order valence-corrected chi connectivity index (χ1v) is 12.6. The maximum Gasteiger partial charge on any atom is 0.338 e. The Balaban J connectivity index is 2.55. The molecule has 5 nitrogen and oxygen atoms in total. The van der Waals surface area contributed by atoms with E-state index in [1.54, 1.807) is 6.08 Å². The summed E-state index contributed by atoms with van der Waals surface area (Å²) in [7, 11) is 0. The summed E-state index contributed by atoms with van der Waals surface area (Å²) < 4.78 is 0. The third-order valence-corrected chi connectivity index (χ3v) is 7.07. The number of nitrogens with two attached hydrogens (primary N) is 1. The molecule has 0 bridgehead atoms. The standard InChI is InChI=1S/C27H44ClN3O2/c1-6-8-9-10-25(24(5)28)12-11-22(3)13-15-27(7-2)16-19-30(20-17-27)26(33)31(29)18-14-23(4)21-32/h8-10,14,18,22,32H,4-7,11-13,15-17,19-21,29H2,1-3H3/b9-8-,18-14-,25-10-. The number of nitrogens with zero attached hydrogens (tertiary/aromatic N) is 2. The lowest BCUT2D eigenvalue weighted by Gasteiger charge is -2.42. The van der Waals surface area contributed by atoms with Crippen LogP contribution in [0.4, 0.5) is 4.79 Å². The molecule has 1 heterocycles. The molecule has 1 aliphatic rings. The highest BCUT2D eigenvalue weighted by Gasteiger charge is 2.35. The van der Waals surface area contributed by atoms with Gasteiger partial charge in [0, 0.05) is 24.3 Å². The Morgan fingerprint density at radius 1 is 1.27 bits per heavy atom. The Kier molecular flexibility index (Phi) is 13.4. The predicted octanol–water partition coefficient (Wildman–Crippen LogP) is 6.68. The summed E-state index contributed by atoms with van der Waals surface area (Å²) in [5, 5.41) is 10.7. The summed E-state index contributed by atoms with van der Waals surface area (Å²) in [6.45, 7) is 15.5. The van der Waals surface area contributed by atoms with Gasteiger partial charge in [-0.3, -0.25) is 0 Å². The Labute approximate surface area is 206 Å². The van der Waals surface area contributed by atoms with E-state index < -0.39 is 0 Å². The van der Waals surface area contributed by atoms with Crippen molar-refractivity contribution < 1.29 is 9.90 Å². The third kappa shape index (κ3) is 10.3. The Morgan fingerprint density at radius 2 is 1.94 bits per heavy atom. The second kappa shape index (κ2) is 15.2. The van der Waals surface area contributed by atoms with Crippen molar-refractivity contribution in [1.29, 1.82) is 0 Å². The maximum atomic E-state index is 12.6. The van der Waals surface area contributed by atoms with E-state index >= 15 is 0 Å². The second-order valence-electron chi connectivity index (χ2n) is 9.28. The number of carbonyl (C=O) groups is 1. The first-order chi connectivity index (χ1) is 15.7. The van der Waals surface area contributed by atoms with E-state index in [2.05, 4.69) is 52.2 Å². The molecular formula is C27H44ClN3O2. The summed E-state index contributed by atoms with van der Waals surface area (Å²) >= 11 is 6.19. The highest BCUT2D eigenvalue weighted by atomic mass is 35.5. The number of carbonyl (C=O) groups excluding carboxylic acids is 1. The smallest absolute Gasteiger partial charge is 0.338 e. The van der Waals surface area contributed by atoms with Crippen LogP contribution in [0.25, 0.3) is 0 Å².